The Hall–Kier alpha value is -2.28. The topological polar surface area (TPSA) is 82.1 Å². The number of rotatable bonds is 3. The second kappa shape index (κ2) is 6.45. The van der Waals surface area contributed by atoms with Gasteiger partial charge in [0.1, 0.15) is 5.75 Å². The fourth-order valence-corrected chi connectivity index (χ4v) is 2.14. The van der Waals surface area contributed by atoms with Gasteiger partial charge in [0, 0.05) is 32.2 Å². The van der Waals surface area contributed by atoms with Crippen LogP contribution in [0.5, 0.6) is 5.75 Å². The first-order chi connectivity index (χ1) is 10.0. The van der Waals surface area contributed by atoms with Crippen molar-refractivity contribution in [1.29, 1.82) is 0 Å². The van der Waals surface area contributed by atoms with E-state index in [1.54, 1.807) is 11.0 Å². The summed E-state index contributed by atoms with van der Waals surface area (Å²) in [5.41, 5.74) is 0.282. The first kappa shape index (κ1) is 15.1. The van der Waals surface area contributed by atoms with Gasteiger partial charge < -0.3 is 25.0 Å². The van der Waals surface area contributed by atoms with E-state index >= 15 is 0 Å². The van der Waals surface area contributed by atoms with Gasteiger partial charge >= 0.3 is 12.0 Å². The van der Waals surface area contributed by atoms with Crippen molar-refractivity contribution in [2.24, 2.45) is 0 Å². The number of amides is 2. The third-order valence-corrected chi connectivity index (χ3v) is 3.49. The number of methoxy groups -OCH3 is 1. The lowest BCUT2D eigenvalue weighted by Gasteiger charge is -2.32. The molecule has 7 heteroatoms. The van der Waals surface area contributed by atoms with Crippen molar-refractivity contribution < 1.29 is 19.4 Å². The van der Waals surface area contributed by atoms with Crippen molar-refractivity contribution in [1.82, 2.24) is 9.80 Å². The molecule has 7 nitrogen and oxygen atoms in total. The molecule has 1 saturated heterocycles. The molecular formula is C14H19N3O4. The summed E-state index contributed by atoms with van der Waals surface area (Å²) in [6.45, 7) is 2.85. The molecule has 1 aliphatic rings. The molecule has 0 unspecified atom stereocenters. The number of carbonyl (C=O) groups excluding carboxylic acids is 1. The highest BCUT2D eigenvalue weighted by Gasteiger charge is 2.21. The van der Waals surface area contributed by atoms with E-state index in [0.29, 0.717) is 18.8 Å². The predicted molar refractivity (Wildman–Crippen MR) is 78.0 cm³/mol. The van der Waals surface area contributed by atoms with E-state index in [-0.39, 0.29) is 17.3 Å². The minimum absolute atomic E-state index is 0.0401. The molecule has 0 aliphatic carbocycles. The number of carboxylic acids is 1. The van der Waals surface area contributed by atoms with E-state index in [2.05, 4.69) is 10.2 Å². The summed E-state index contributed by atoms with van der Waals surface area (Å²) in [6, 6.07) is 4.19. The Labute approximate surface area is 123 Å². The van der Waals surface area contributed by atoms with Gasteiger partial charge in [-0.05, 0) is 19.2 Å². The molecule has 1 fully saturated rings. The lowest BCUT2D eigenvalue weighted by atomic mass is 10.1. The largest absolute Gasteiger partial charge is 0.497 e. The van der Waals surface area contributed by atoms with Gasteiger partial charge in [-0.1, -0.05) is 0 Å². The molecule has 0 aromatic heterocycles. The number of ether oxygens (including phenoxy) is 1. The lowest BCUT2D eigenvalue weighted by Crippen LogP contribution is -2.48. The standard InChI is InChI=1S/C14H19N3O4/c1-16-5-7-17(8-6-16)14(20)15-12-9-10(21-2)3-4-11(12)13(18)19/h3-4,9H,5-8H2,1-2H3,(H,15,20)(H,18,19). The van der Waals surface area contributed by atoms with Crippen LogP contribution < -0.4 is 10.1 Å². The van der Waals surface area contributed by atoms with Crippen LogP contribution in [0.15, 0.2) is 18.2 Å². The van der Waals surface area contributed by atoms with Crippen molar-refractivity contribution >= 4 is 17.7 Å². The number of hydrogen-bond donors (Lipinski definition) is 2. The maximum Gasteiger partial charge on any atom is 0.337 e. The van der Waals surface area contributed by atoms with E-state index in [1.807, 2.05) is 7.05 Å². The van der Waals surface area contributed by atoms with Crippen LogP contribution in [0, 0.1) is 0 Å². The summed E-state index contributed by atoms with van der Waals surface area (Å²) in [5.74, 6) is -0.597. The summed E-state index contributed by atoms with van der Waals surface area (Å²) >= 11 is 0. The fourth-order valence-electron chi connectivity index (χ4n) is 2.14. The molecule has 1 aromatic rings. The Balaban J connectivity index is 2.14. The van der Waals surface area contributed by atoms with Crippen LogP contribution in [0.3, 0.4) is 0 Å². The number of aromatic carboxylic acids is 1. The third kappa shape index (κ3) is 3.63. The van der Waals surface area contributed by atoms with E-state index in [4.69, 9.17) is 4.74 Å². The van der Waals surface area contributed by atoms with Gasteiger partial charge in [-0.15, -0.1) is 0 Å². The molecule has 0 saturated carbocycles. The highest BCUT2D eigenvalue weighted by atomic mass is 16.5. The monoisotopic (exact) mass is 293 g/mol. The number of hydrogen-bond acceptors (Lipinski definition) is 4. The Bertz CT molecular complexity index is 539. The van der Waals surface area contributed by atoms with Gasteiger partial charge in [0.05, 0.1) is 18.4 Å². The van der Waals surface area contributed by atoms with E-state index < -0.39 is 5.97 Å². The summed E-state index contributed by atoms with van der Waals surface area (Å²) in [5, 5.41) is 11.8. The average molecular weight is 293 g/mol. The van der Waals surface area contributed by atoms with Crippen LogP contribution in [0.25, 0.3) is 0 Å². The number of nitrogens with zero attached hydrogens (tertiary/aromatic N) is 2. The van der Waals surface area contributed by atoms with Crippen molar-refractivity contribution in [3.8, 4) is 5.75 Å². The smallest absolute Gasteiger partial charge is 0.337 e. The first-order valence-corrected chi connectivity index (χ1v) is 6.67. The van der Waals surface area contributed by atoms with Crippen molar-refractivity contribution in [3.05, 3.63) is 23.8 Å². The second-order valence-corrected chi connectivity index (χ2v) is 4.94. The van der Waals surface area contributed by atoms with E-state index in [1.165, 1.54) is 19.2 Å². The number of carboxylic acid groups (broad SMARTS) is 1. The van der Waals surface area contributed by atoms with Gasteiger partial charge in [-0.3, -0.25) is 0 Å². The molecule has 2 N–H and O–H groups in total. The number of piperazine rings is 1. The molecule has 0 radical (unpaired) electrons. The van der Waals surface area contributed by atoms with Gasteiger partial charge in [0.25, 0.3) is 0 Å². The zero-order valence-corrected chi connectivity index (χ0v) is 12.1. The maximum atomic E-state index is 12.2. The number of benzene rings is 1. The molecule has 0 atom stereocenters. The molecule has 1 aromatic carbocycles. The highest BCUT2D eigenvalue weighted by Crippen LogP contribution is 2.23. The average Bonchev–Trinajstić information content (AvgIpc) is 2.47. The molecule has 2 amide bonds. The Kier molecular flexibility index (Phi) is 4.64. The second-order valence-electron chi connectivity index (χ2n) is 4.94. The number of carbonyl (C=O) groups is 2. The zero-order chi connectivity index (χ0) is 15.4. The van der Waals surface area contributed by atoms with Crippen molar-refractivity contribution in [2.75, 3.05) is 45.7 Å². The minimum atomic E-state index is -1.09. The highest BCUT2D eigenvalue weighted by molar-refractivity contribution is 6.00. The molecule has 1 aliphatic heterocycles. The summed E-state index contributed by atoms with van der Waals surface area (Å²) in [4.78, 5) is 27.2. The van der Waals surface area contributed by atoms with Crippen LogP contribution in [-0.4, -0.2) is 67.2 Å². The minimum Gasteiger partial charge on any atom is -0.497 e. The fraction of sp³-hybridized carbons (Fsp3) is 0.429. The SMILES string of the molecule is COc1ccc(C(=O)O)c(NC(=O)N2CCN(C)CC2)c1. The number of nitrogens with one attached hydrogen (secondary N) is 1. The summed E-state index contributed by atoms with van der Waals surface area (Å²) in [7, 11) is 3.49. The molecule has 1 heterocycles. The number of urea groups is 1. The Morgan fingerprint density at radius 1 is 1.24 bits per heavy atom. The van der Waals surface area contributed by atoms with Gasteiger partial charge in [-0.25, -0.2) is 9.59 Å². The quantitative estimate of drug-likeness (QED) is 0.874. The van der Waals surface area contributed by atoms with Gasteiger partial charge in [0.15, 0.2) is 0 Å². The van der Waals surface area contributed by atoms with E-state index in [0.717, 1.165) is 13.1 Å². The van der Waals surface area contributed by atoms with Crippen LogP contribution in [-0.2, 0) is 0 Å². The first-order valence-electron chi connectivity index (χ1n) is 6.67. The number of likely N-dealkylation sites (N-methyl/N-ethyl adjacent to an activating group) is 1. The van der Waals surface area contributed by atoms with Gasteiger partial charge in [-0.2, -0.15) is 0 Å². The van der Waals surface area contributed by atoms with Crippen molar-refractivity contribution in [2.45, 2.75) is 0 Å². The van der Waals surface area contributed by atoms with Crippen LogP contribution >= 0.6 is 0 Å². The molecular weight excluding hydrogens is 274 g/mol. The third-order valence-electron chi connectivity index (χ3n) is 3.49. The van der Waals surface area contributed by atoms with Gasteiger partial charge in [0.2, 0.25) is 0 Å². The molecule has 21 heavy (non-hydrogen) atoms. The van der Waals surface area contributed by atoms with Crippen LogP contribution in [0.2, 0.25) is 0 Å². The predicted octanol–water partition coefficient (Wildman–Crippen LogP) is 1.17. The zero-order valence-electron chi connectivity index (χ0n) is 12.1. The molecule has 2 rings (SSSR count). The molecule has 114 valence electrons. The van der Waals surface area contributed by atoms with Crippen LogP contribution in [0.4, 0.5) is 10.5 Å². The molecule has 0 spiro atoms. The summed E-state index contributed by atoms with van der Waals surface area (Å²) in [6.07, 6.45) is 0. The summed E-state index contributed by atoms with van der Waals surface area (Å²) < 4.78 is 5.07. The Morgan fingerprint density at radius 3 is 2.48 bits per heavy atom. The Morgan fingerprint density at radius 2 is 1.90 bits per heavy atom. The lowest BCUT2D eigenvalue weighted by molar-refractivity contribution is 0.0698. The van der Waals surface area contributed by atoms with Crippen LogP contribution in [0.1, 0.15) is 10.4 Å². The maximum absolute atomic E-state index is 12.2. The normalized spacial score (nSPS) is 15.6. The number of anilines is 1. The van der Waals surface area contributed by atoms with Crippen molar-refractivity contribution in [3.63, 3.8) is 0 Å². The van der Waals surface area contributed by atoms with E-state index in [9.17, 15) is 14.7 Å². The molecule has 0 bridgehead atoms.